The summed E-state index contributed by atoms with van der Waals surface area (Å²) >= 11 is 1.31. The highest BCUT2D eigenvalue weighted by Crippen LogP contribution is 2.24. The largest absolute Gasteiger partial charge is 0.325 e. The van der Waals surface area contributed by atoms with Gasteiger partial charge in [-0.2, -0.15) is 0 Å². The Morgan fingerprint density at radius 3 is 2.00 bits per heavy atom. The molecule has 4 aromatic rings. The van der Waals surface area contributed by atoms with Crippen molar-refractivity contribution in [3.8, 4) is 0 Å². The SMILES string of the molecule is O=C(CSc1nc2ccccc2n1CC(=O)Nc1ccccc1)Nc1ccccc1. The van der Waals surface area contributed by atoms with Crippen molar-refractivity contribution in [3.05, 3.63) is 84.9 Å². The van der Waals surface area contributed by atoms with Crippen molar-refractivity contribution in [1.29, 1.82) is 0 Å². The Morgan fingerprint density at radius 2 is 1.33 bits per heavy atom. The van der Waals surface area contributed by atoms with Gasteiger partial charge >= 0.3 is 0 Å². The number of amides is 2. The van der Waals surface area contributed by atoms with Crippen LogP contribution in [0.2, 0.25) is 0 Å². The van der Waals surface area contributed by atoms with E-state index in [0.29, 0.717) is 5.16 Å². The first-order valence-corrected chi connectivity index (χ1v) is 10.5. The molecule has 0 saturated heterocycles. The number of hydrogen-bond acceptors (Lipinski definition) is 4. The average molecular weight is 417 g/mol. The number of carbonyl (C=O) groups excluding carboxylic acids is 2. The van der Waals surface area contributed by atoms with Crippen molar-refractivity contribution in [2.75, 3.05) is 16.4 Å². The van der Waals surface area contributed by atoms with Crippen LogP contribution in [0.4, 0.5) is 11.4 Å². The van der Waals surface area contributed by atoms with E-state index in [1.807, 2.05) is 89.5 Å². The van der Waals surface area contributed by atoms with Crippen LogP contribution in [0.25, 0.3) is 11.0 Å². The summed E-state index contributed by atoms with van der Waals surface area (Å²) in [5.74, 6) is -0.0862. The van der Waals surface area contributed by atoms with Crippen molar-refractivity contribution in [2.45, 2.75) is 11.7 Å². The number of anilines is 2. The van der Waals surface area contributed by atoms with E-state index in [1.165, 1.54) is 11.8 Å². The van der Waals surface area contributed by atoms with E-state index in [0.717, 1.165) is 22.4 Å². The Kier molecular flexibility index (Phi) is 6.10. The summed E-state index contributed by atoms with van der Waals surface area (Å²) in [6.07, 6.45) is 0. The number of carbonyl (C=O) groups is 2. The maximum atomic E-state index is 12.6. The first kappa shape index (κ1) is 19.7. The number of nitrogens with zero attached hydrogens (tertiary/aromatic N) is 2. The molecule has 0 aliphatic heterocycles. The first-order chi connectivity index (χ1) is 14.7. The third-order valence-corrected chi connectivity index (χ3v) is 5.35. The summed E-state index contributed by atoms with van der Waals surface area (Å²) in [5, 5.41) is 6.38. The van der Waals surface area contributed by atoms with Gasteiger partial charge in [0.05, 0.1) is 16.8 Å². The molecule has 0 radical (unpaired) electrons. The summed E-state index contributed by atoms with van der Waals surface area (Å²) in [4.78, 5) is 29.6. The Balaban J connectivity index is 1.48. The van der Waals surface area contributed by atoms with Crippen LogP contribution in [0, 0.1) is 0 Å². The quantitative estimate of drug-likeness (QED) is 0.438. The number of para-hydroxylation sites is 4. The van der Waals surface area contributed by atoms with Gasteiger partial charge in [0.25, 0.3) is 0 Å². The molecule has 4 rings (SSSR count). The van der Waals surface area contributed by atoms with Gasteiger partial charge in [-0.1, -0.05) is 60.3 Å². The Bertz CT molecular complexity index is 1160. The molecule has 0 spiro atoms. The molecule has 3 aromatic carbocycles. The van der Waals surface area contributed by atoms with Gasteiger partial charge in [-0.15, -0.1) is 0 Å². The average Bonchev–Trinajstić information content (AvgIpc) is 3.11. The third kappa shape index (κ3) is 4.87. The van der Waals surface area contributed by atoms with Crippen LogP contribution in [0.5, 0.6) is 0 Å². The molecule has 0 aliphatic carbocycles. The molecule has 6 nitrogen and oxygen atoms in total. The number of aromatic nitrogens is 2. The van der Waals surface area contributed by atoms with Crippen LogP contribution >= 0.6 is 11.8 Å². The number of imidazole rings is 1. The number of rotatable bonds is 7. The van der Waals surface area contributed by atoms with Gasteiger partial charge < -0.3 is 15.2 Å². The van der Waals surface area contributed by atoms with Crippen LogP contribution in [0.1, 0.15) is 0 Å². The molecule has 30 heavy (non-hydrogen) atoms. The zero-order valence-corrected chi connectivity index (χ0v) is 16.9. The Hall–Kier alpha value is -3.58. The van der Waals surface area contributed by atoms with Gasteiger partial charge in [0.1, 0.15) is 6.54 Å². The van der Waals surface area contributed by atoms with Crippen LogP contribution < -0.4 is 10.6 Å². The number of benzene rings is 3. The molecule has 1 heterocycles. The molecule has 0 fully saturated rings. The second-order valence-corrected chi connectivity index (χ2v) is 7.53. The van der Waals surface area contributed by atoms with Gasteiger partial charge in [-0.25, -0.2) is 4.98 Å². The van der Waals surface area contributed by atoms with E-state index in [1.54, 1.807) is 0 Å². The van der Waals surface area contributed by atoms with Crippen molar-refractivity contribution >= 4 is 46.0 Å². The van der Waals surface area contributed by atoms with Crippen molar-refractivity contribution in [2.24, 2.45) is 0 Å². The van der Waals surface area contributed by atoms with E-state index in [2.05, 4.69) is 15.6 Å². The summed E-state index contributed by atoms with van der Waals surface area (Å²) in [7, 11) is 0. The summed E-state index contributed by atoms with van der Waals surface area (Å²) in [6.45, 7) is 0.109. The Labute approximate surface area is 178 Å². The normalized spacial score (nSPS) is 10.7. The molecule has 0 bridgehead atoms. The van der Waals surface area contributed by atoms with Crippen LogP contribution in [0.15, 0.2) is 90.1 Å². The van der Waals surface area contributed by atoms with Gasteiger partial charge in [0, 0.05) is 11.4 Å². The highest BCUT2D eigenvalue weighted by atomic mass is 32.2. The monoisotopic (exact) mass is 416 g/mol. The zero-order valence-electron chi connectivity index (χ0n) is 16.1. The second kappa shape index (κ2) is 9.28. The third-order valence-electron chi connectivity index (χ3n) is 4.37. The van der Waals surface area contributed by atoms with E-state index >= 15 is 0 Å². The topological polar surface area (TPSA) is 76.0 Å². The lowest BCUT2D eigenvalue weighted by atomic mass is 10.3. The molecule has 0 saturated carbocycles. The van der Waals surface area contributed by atoms with Crippen LogP contribution in [0.3, 0.4) is 0 Å². The fraction of sp³-hybridized carbons (Fsp3) is 0.0870. The van der Waals surface area contributed by atoms with Gasteiger partial charge in [0.2, 0.25) is 11.8 Å². The number of thioether (sulfide) groups is 1. The smallest absolute Gasteiger partial charge is 0.244 e. The van der Waals surface area contributed by atoms with E-state index in [4.69, 9.17) is 0 Å². The Morgan fingerprint density at radius 1 is 0.767 bits per heavy atom. The van der Waals surface area contributed by atoms with Gasteiger partial charge in [-0.3, -0.25) is 9.59 Å². The zero-order chi connectivity index (χ0) is 20.8. The molecule has 1 aromatic heterocycles. The molecular formula is C23H20N4O2S. The molecule has 7 heteroatoms. The minimum atomic E-state index is -0.153. The molecule has 0 unspecified atom stereocenters. The number of hydrogen-bond donors (Lipinski definition) is 2. The predicted octanol–water partition coefficient (Wildman–Crippen LogP) is 4.41. The summed E-state index contributed by atoms with van der Waals surface area (Å²) < 4.78 is 1.84. The van der Waals surface area contributed by atoms with Crippen molar-refractivity contribution in [3.63, 3.8) is 0 Å². The molecular weight excluding hydrogens is 396 g/mol. The minimum Gasteiger partial charge on any atom is -0.325 e. The van der Waals surface area contributed by atoms with Crippen LogP contribution in [-0.4, -0.2) is 27.1 Å². The highest BCUT2D eigenvalue weighted by Gasteiger charge is 2.15. The molecule has 0 aliphatic rings. The molecule has 0 atom stereocenters. The van der Waals surface area contributed by atoms with E-state index < -0.39 is 0 Å². The number of nitrogens with one attached hydrogen (secondary N) is 2. The van der Waals surface area contributed by atoms with Gasteiger partial charge in [-0.05, 0) is 36.4 Å². The van der Waals surface area contributed by atoms with Crippen LogP contribution in [-0.2, 0) is 16.1 Å². The molecule has 2 amide bonds. The maximum Gasteiger partial charge on any atom is 0.244 e. The van der Waals surface area contributed by atoms with Crippen molar-refractivity contribution in [1.82, 2.24) is 9.55 Å². The predicted molar refractivity (Wildman–Crippen MR) is 121 cm³/mol. The maximum absolute atomic E-state index is 12.6. The lowest BCUT2D eigenvalue weighted by Gasteiger charge is -2.10. The summed E-state index contributed by atoms with van der Waals surface area (Å²) in [5.41, 5.74) is 3.13. The second-order valence-electron chi connectivity index (χ2n) is 6.59. The standard InChI is InChI=1S/C23H20N4O2S/c28-21(24-17-9-3-1-4-10-17)15-27-20-14-8-7-13-19(20)26-23(27)30-16-22(29)25-18-11-5-2-6-12-18/h1-14H,15-16H2,(H,24,28)(H,25,29). The fourth-order valence-electron chi connectivity index (χ4n) is 3.03. The molecule has 150 valence electrons. The minimum absolute atomic E-state index is 0.109. The first-order valence-electron chi connectivity index (χ1n) is 9.47. The summed E-state index contributed by atoms with van der Waals surface area (Å²) in [6, 6.07) is 26.3. The number of fused-ring (bicyclic) bond motifs is 1. The van der Waals surface area contributed by atoms with Gasteiger partial charge in [0.15, 0.2) is 5.16 Å². The lowest BCUT2D eigenvalue weighted by molar-refractivity contribution is -0.117. The van der Waals surface area contributed by atoms with E-state index in [-0.39, 0.29) is 24.1 Å². The molecule has 2 N–H and O–H groups in total. The lowest BCUT2D eigenvalue weighted by Crippen LogP contribution is -2.20. The fourth-order valence-corrected chi connectivity index (χ4v) is 3.84. The highest BCUT2D eigenvalue weighted by molar-refractivity contribution is 7.99. The van der Waals surface area contributed by atoms with Crippen molar-refractivity contribution < 1.29 is 9.59 Å². The van der Waals surface area contributed by atoms with E-state index in [9.17, 15) is 9.59 Å².